The summed E-state index contributed by atoms with van der Waals surface area (Å²) in [7, 11) is 0. The Morgan fingerprint density at radius 3 is 2.57 bits per heavy atom. The average Bonchev–Trinajstić information content (AvgIpc) is 2.62. The molecule has 2 aliphatic heterocycles. The SMILES string of the molecule is C[C@H](C(=O)N1CCOCC1)N1CCN(c2ncccc2F)CC1. The summed E-state index contributed by atoms with van der Waals surface area (Å²) in [5, 5.41) is 0. The standard InChI is InChI=1S/C16H23FN4O2/c1-13(16(22)21-9-11-23-12-10-21)19-5-7-20(8-6-19)15-14(17)3-2-4-18-15/h2-4,13H,5-12H2,1H3/t13-/m1/s1. The minimum absolute atomic E-state index is 0.149. The summed E-state index contributed by atoms with van der Waals surface area (Å²) in [5.41, 5.74) is 0. The van der Waals surface area contributed by atoms with E-state index in [0.29, 0.717) is 45.2 Å². The lowest BCUT2D eigenvalue weighted by Crippen LogP contribution is -2.56. The maximum absolute atomic E-state index is 13.8. The molecule has 126 valence electrons. The minimum atomic E-state index is -0.293. The van der Waals surface area contributed by atoms with Gasteiger partial charge in [-0.25, -0.2) is 9.37 Å². The Labute approximate surface area is 135 Å². The number of piperazine rings is 1. The second kappa shape index (κ2) is 7.23. The third-order valence-corrected chi connectivity index (χ3v) is 4.58. The fraction of sp³-hybridized carbons (Fsp3) is 0.625. The van der Waals surface area contributed by atoms with Crippen LogP contribution in [0.4, 0.5) is 10.2 Å². The molecule has 2 fully saturated rings. The van der Waals surface area contributed by atoms with E-state index in [0.717, 1.165) is 13.1 Å². The number of morpholine rings is 1. The van der Waals surface area contributed by atoms with Gasteiger partial charge in [-0.05, 0) is 19.1 Å². The lowest BCUT2D eigenvalue weighted by molar-refractivity contribution is -0.140. The maximum atomic E-state index is 13.8. The van der Waals surface area contributed by atoms with E-state index in [1.807, 2.05) is 16.7 Å². The molecule has 2 saturated heterocycles. The third-order valence-electron chi connectivity index (χ3n) is 4.58. The molecular formula is C16H23FN4O2. The lowest BCUT2D eigenvalue weighted by Gasteiger charge is -2.40. The first-order valence-electron chi connectivity index (χ1n) is 8.13. The molecule has 1 aromatic rings. The minimum Gasteiger partial charge on any atom is -0.378 e. The molecule has 0 bridgehead atoms. The van der Waals surface area contributed by atoms with E-state index >= 15 is 0 Å². The van der Waals surface area contributed by atoms with Crippen molar-refractivity contribution >= 4 is 11.7 Å². The van der Waals surface area contributed by atoms with E-state index in [4.69, 9.17) is 4.74 Å². The van der Waals surface area contributed by atoms with Crippen LogP contribution in [0, 0.1) is 5.82 Å². The summed E-state index contributed by atoms with van der Waals surface area (Å²) in [4.78, 5) is 22.6. The molecule has 6 nitrogen and oxygen atoms in total. The number of hydrogen-bond donors (Lipinski definition) is 0. The summed E-state index contributed by atoms with van der Waals surface area (Å²) in [6, 6.07) is 2.88. The Morgan fingerprint density at radius 1 is 1.22 bits per heavy atom. The molecule has 0 saturated carbocycles. The van der Waals surface area contributed by atoms with Gasteiger partial charge in [0.05, 0.1) is 19.3 Å². The van der Waals surface area contributed by atoms with Gasteiger partial charge in [-0.1, -0.05) is 0 Å². The van der Waals surface area contributed by atoms with E-state index in [1.165, 1.54) is 6.07 Å². The van der Waals surface area contributed by atoms with Crippen molar-refractivity contribution in [1.29, 1.82) is 0 Å². The zero-order chi connectivity index (χ0) is 16.2. The van der Waals surface area contributed by atoms with Gasteiger partial charge in [0.25, 0.3) is 0 Å². The van der Waals surface area contributed by atoms with Crippen molar-refractivity contribution < 1.29 is 13.9 Å². The number of anilines is 1. The topological polar surface area (TPSA) is 48.9 Å². The lowest BCUT2D eigenvalue weighted by atomic mass is 10.2. The summed E-state index contributed by atoms with van der Waals surface area (Å²) in [6.07, 6.45) is 1.61. The average molecular weight is 322 g/mol. The second-order valence-electron chi connectivity index (χ2n) is 5.95. The zero-order valence-corrected chi connectivity index (χ0v) is 13.4. The van der Waals surface area contributed by atoms with Crippen LogP contribution in [0.5, 0.6) is 0 Å². The van der Waals surface area contributed by atoms with Gasteiger partial charge >= 0.3 is 0 Å². The van der Waals surface area contributed by atoms with Crippen LogP contribution < -0.4 is 4.90 Å². The van der Waals surface area contributed by atoms with Crippen LogP contribution in [0.25, 0.3) is 0 Å². The highest BCUT2D eigenvalue weighted by Gasteiger charge is 2.30. The monoisotopic (exact) mass is 322 g/mol. The molecule has 0 aliphatic carbocycles. The molecule has 3 rings (SSSR count). The van der Waals surface area contributed by atoms with Gasteiger partial charge in [0.2, 0.25) is 5.91 Å². The van der Waals surface area contributed by atoms with Crippen LogP contribution in [-0.2, 0) is 9.53 Å². The van der Waals surface area contributed by atoms with E-state index < -0.39 is 0 Å². The molecule has 1 amide bonds. The first-order chi connectivity index (χ1) is 11.2. The van der Waals surface area contributed by atoms with E-state index in [9.17, 15) is 9.18 Å². The van der Waals surface area contributed by atoms with Crippen LogP contribution in [-0.4, -0.2) is 79.2 Å². The Bertz CT molecular complexity index is 543. The Hall–Kier alpha value is -1.73. The molecule has 1 aromatic heterocycles. The Kier molecular flexibility index (Phi) is 5.07. The summed E-state index contributed by atoms with van der Waals surface area (Å²) in [6.45, 7) is 7.33. The van der Waals surface area contributed by atoms with Crippen molar-refractivity contribution in [3.8, 4) is 0 Å². The highest BCUT2D eigenvalue weighted by Crippen LogP contribution is 2.18. The fourth-order valence-corrected chi connectivity index (χ4v) is 3.14. The summed E-state index contributed by atoms with van der Waals surface area (Å²) < 4.78 is 19.1. The van der Waals surface area contributed by atoms with Crippen molar-refractivity contribution in [3.63, 3.8) is 0 Å². The molecule has 2 aliphatic rings. The molecule has 0 aromatic carbocycles. The normalized spacial score (nSPS) is 21.3. The third kappa shape index (κ3) is 3.61. The van der Waals surface area contributed by atoms with Crippen molar-refractivity contribution in [2.75, 3.05) is 57.4 Å². The second-order valence-corrected chi connectivity index (χ2v) is 5.95. The smallest absolute Gasteiger partial charge is 0.239 e. The van der Waals surface area contributed by atoms with Crippen LogP contribution in [0.1, 0.15) is 6.92 Å². The fourth-order valence-electron chi connectivity index (χ4n) is 3.14. The van der Waals surface area contributed by atoms with E-state index in [-0.39, 0.29) is 17.8 Å². The molecule has 0 unspecified atom stereocenters. The van der Waals surface area contributed by atoms with Gasteiger partial charge in [-0.2, -0.15) is 0 Å². The van der Waals surface area contributed by atoms with Crippen LogP contribution in [0.3, 0.4) is 0 Å². The highest BCUT2D eigenvalue weighted by atomic mass is 19.1. The summed E-state index contributed by atoms with van der Waals surface area (Å²) in [5.74, 6) is 0.267. The molecule has 0 spiro atoms. The molecule has 3 heterocycles. The van der Waals surface area contributed by atoms with E-state index in [1.54, 1.807) is 12.3 Å². The molecule has 23 heavy (non-hydrogen) atoms. The van der Waals surface area contributed by atoms with Gasteiger partial charge < -0.3 is 14.5 Å². The van der Waals surface area contributed by atoms with Crippen LogP contribution in [0.15, 0.2) is 18.3 Å². The van der Waals surface area contributed by atoms with Gasteiger partial charge in [0.15, 0.2) is 11.6 Å². The molecule has 7 heteroatoms. The Balaban J connectivity index is 1.56. The number of rotatable bonds is 3. The van der Waals surface area contributed by atoms with Crippen molar-refractivity contribution in [3.05, 3.63) is 24.1 Å². The Morgan fingerprint density at radius 2 is 1.91 bits per heavy atom. The predicted molar refractivity (Wildman–Crippen MR) is 84.8 cm³/mol. The maximum Gasteiger partial charge on any atom is 0.239 e. The van der Waals surface area contributed by atoms with Gasteiger partial charge in [0, 0.05) is 45.5 Å². The number of ether oxygens (including phenoxy) is 1. The number of amides is 1. The molecule has 1 atom stereocenters. The number of carbonyl (C=O) groups excluding carboxylic acids is 1. The first-order valence-corrected chi connectivity index (χ1v) is 8.13. The van der Waals surface area contributed by atoms with Crippen molar-refractivity contribution in [2.45, 2.75) is 13.0 Å². The zero-order valence-electron chi connectivity index (χ0n) is 13.4. The van der Waals surface area contributed by atoms with Gasteiger partial charge in [-0.3, -0.25) is 9.69 Å². The number of halogens is 1. The number of carbonyl (C=O) groups is 1. The first kappa shape index (κ1) is 16.1. The highest BCUT2D eigenvalue weighted by molar-refractivity contribution is 5.81. The molecule has 0 radical (unpaired) electrons. The largest absolute Gasteiger partial charge is 0.378 e. The predicted octanol–water partition coefficient (Wildman–Crippen LogP) is 0.590. The van der Waals surface area contributed by atoms with Gasteiger partial charge in [-0.15, -0.1) is 0 Å². The molecular weight excluding hydrogens is 299 g/mol. The van der Waals surface area contributed by atoms with Crippen molar-refractivity contribution in [1.82, 2.24) is 14.8 Å². The van der Waals surface area contributed by atoms with Gasteiger partial charge in [0.1, 0.15) is 0 Å². The van der Waals surface area contributed by atoms with Crippen molar-refractivity contribution in [2.24, 2.45) is 0 Å². The number of hydrogen-bond acceptors (Lipinski definition) is 5. The van der Waals surface area contributed by atoms with Crippen LogP contribution >= 0.6 is 0 Å². The molecule has 0 N–H and O–H groups in total. The van der Waals surface area contributed by atoms with E-state index in [2.05, 4.69) is 9.88 Å². The number of nitrogens with zero attached hydrogens (tertiary/aromatic N) is 4. The quantitative estimate of drug-likeness (QED) is 0.815. The summed E-state index contributed by atoms with van der Waals surface area (Å²) >= 11 is 0. The number of aromatic nitrogens is 1. The number of pyridine rings is 1. The van der Waals surface area contributed by atoms with Crippen LogP contribution in [0.2, 0.25) is 0 Å².